The molecule has 3 aromatic carbocycles. The molecule has 0 aromatic heterocycles. The van der Waals surface area contributed by atoms with Gasteiger partial charge in [-0.05, 0) is 52.8 Å². The molecule has 3 aromatic rings. The van der Waals surface area contributed by atoms with Gasteiger partial charge in [-0.25, -0.2) is 0 Å². The molecule has 0 saturated carbocycles. The number of Topliss-reactive ketones (excluding diaryl/α,β-unsaturated/α-hetero) is 1. The lowest BCUT2D eigenvalue weighted by Gasteiger charge is -2.21. The van der Waals surface area contributed by atoms with Crippen molar-refractivity contribution in [2.24, 2.45) is 17.6 Å². The molecular formula is C31H35N3O6. The number of epoxide rings is 1. The zero-order chi connectivity index (χ0) is 28.8. The van der Waals surface area contributed by atoms with E-state index in [0.29, 0.717) is 13.0 Å². The highest BCUT2D eigenvalue weighted by atomic mass is 16.6. The maximum absolute atomic E-state index is 13.2. The zero-order valence-corrected chi connectivity index (χ0v) is 22.6. The molecule has 40 heavy (non-hydrogen) atoms. The molecule has 210 valence electrons. The summed E-state index contributed by atoms with van der Waals surface area (Å²) < 4.78 is 5.38. The number of aromatic hydroxyl groups is 1. The van der Waals surface area contributed by atoms with Crippen LogP contribution in [0.1, 0.15) is 37.8 Å². The third-order valence-electron chi connectivity index (χ3n) is 7.02. The first-order valence-electron chi connectivity index (χ1n) is 13.4. The molecule has 1 aliphatic rings. The second-order valence-corrected chi connectivity index (χ2v) is 10.7. The number of hydrogen-bond acceptors (Lipinski definition) is 6. The first-order valence-corrected chi connectivity index (χ1v) is 13.4. The van der Waals surface area contributed by atoms with Crippen molar-refractivity contribution in [1.29, 1.82) is 0 Å². The molecule has 1 fully saturated rings. The number of ether oxygens (including phenoxy) is 1. The van der Waals surface area contributed by atoms with E-state index in [2.05, 4.69) is 10.6 Å². The summed E-state index contributed by atoms with van der Waals surface area (Å²) in [4.78, 5) is 50.9. The lowest BCUT2D eigenvalue weighted by Crippen LogP contribution is -2.46. The third-order valence-corrected chi connectivity index (χ3v) is 7.02. The van der Waals surface area contributed by atoms with Gasteiger partial charge in [-0.1, -0.05) is 68.4 Å². The lowest BCUT2D eigenvalue weighted by molar-refractivity contribution is -0.131. The fourth-order valence-electron chi connectivity index (χ4n) is 4.81. The van der Waals surface area contributed by atoms with E-state index in [1.54, 1.807) is 12.1 Å². The zero-order valence-electron chi connectivity index (χ0n) is 22.6. The number of rotatable bonds is 13. The van der Waals surface area contributed by atoms with Gasteiger partial charge in [0.15, 0.2) is 18.0 Å². The van der Waals surface area contributed by atoms with Crippen LogP contribution in [0.5, 0.6) is 5.75 Å². The van der Waals surface area contributed by atoms with E-state index in [1.807, 2.05) is 56.3 Å². The van der Waals surface area contributed by atoms with Gasteiger partial charge in [0.05, 0.1) is 6.04 Å². The van der Waals surface area contributed by atoms with Crippen molar-refractivity contribution >= 4 is 34.3 Å². The van der Waals surface area contributed by atoms with Crippen LogP contribution in [0.2, 0.25) is 0 Å². The molecule has 4 atom stereocenters. The van der Waals surface area contributed by atoms with Gasteiger partial charge in [0.25, 0.3) is 11.8 Å². The molecule has 1 heterocycles. The molecule has 0 radical (unpaired) electrons. The Morgan fingerprint density at radius 2 is 1.60 bits per heavy atom. The number of hydrogen-bond donors (Lipinski definition) is 4. The van der Waals surface area contributed by atoms with E-state index in [0.717, 1.165) is 21.9 Å². The molecule has 0 aliphatic carbocycles. The standard InChI is InChI=1S/C31H35N3O6/c1-18(2)14-25(26(36)16-22(29(32)37)15-19-10-12-23(35)13-11-19)34-31(39)28-27(40-28)30(38)33-17-21-8-5-7-20-6-3-4-9-24(20)21/h3-13,18,22,25,27-28,35H,14-17H2,1-2H3,(H2,32,37)(H,33,38)(H,34,39)/t22-,25+,27-,28-/m1/s1. The van der Waals surface area contributed by atoms with Crippen LogP contribution in [0.25, 0.3) is 10.8 Å². The minimum Gasteiger partial charge on any atom is -0.508 e. The van der Waals surface area contributed by atoms with Gasteiger partial charge >= 0.3 is 0 Å². The molecule has 0 spiro atoms. The summed E-state index contributed by atoms with van der Waals surface area (Å²) in [5, 5.41) is 17.2. The van der Waals surface area contributed by atoms with Gasteiger partial charge in [0, 0.05) is 18.9 Å². The highest BCUT2D eigenvalue weighted by Crippen LogP contribution is 2.25. The maximum atomic E-state index is 13.2. The molecular weight excluding hydrogens is 510 g/mol. The van der Waals surface area contributed by atoms with Crippen LogP contribution in [0.15, 0.2) is 66.7 Å². The number of benzene rings is 3. The molecule has 4 rings (SSSR count). The molecule has 9 nitrogen and oxygen atoms in total. The van der Waals surface area contributed by atoms with E-state index in [4.69, 9.17) is 10.5 Å². The minimum absolute atomic E-state index is 0.0817. The number of carbonyl (C=O) groups is 4. The van der Waals surface area contributed by atoms with Gasteiger partial charge in [-0.15, -0.1) is 0 Å². The van der Waals surface area contributed by atoms with E-state index in [1.165, 1.54) is 12.1 Å². The number of carbonyl (C=O) groups excluding carboxylic acids is 4. The van der Waals surface area contributed by atoms with Crippen molar-refractivity contribution in [3.8, 4) is 5.75 Å². The van der Waals surface area contributed by atoms with Crippen LogP contribution in [0.4, 0.5) is 0 Å². The summed E-state index contributed by atoms with van der Waals surface area (Å²) >= 11 is 0. The second kappa shape index (κ2) is 12.7. The topological polar surface area (TPSA) is 151 Å². The number of phenolic OH excluding ortho intramolecular Hbond substituents is 1. The Labute approximate surface area is 233 Å². The van der Waals surface area contributed by atoms with Crippen molar-refractivity contribution in [2.45, 2.75) is 57.9 Å². The maximum Gasteiger partial charge on any atom is 0.253 e. The Hall–Kier alpha value is -4.24. The normalized spacial score (nSPS) is 17.7. The van der Waals surface area contributed by atoms with Gasteiger partial charge in [-0.3, -0.25) is 19.2 Å². The van der Waals surface area contributed by atoms with Crippen molar-refractivity contribution in [3.63, 3.8) is 0 Å². The quantitative estimate of drug-likeness (QED) is 0.243. The predicted octanol–water partition coefficient (Wildman–Crippen LogP) is 2.76. The average molecular weight is 546 g/mol. The summed E-state index contributed by atoms with van der Waals surface area (Å²) in [6, 6.07) is 19.2. The Bertz CT molecular complexity index is 1380. The van der Waals surface area contributed by atoms with Gasteiger partial charge in [0.2, 0.25) is 5.91 Å². The number of fused-ring (bicyclic) bond motifs is 1. The lowest BCUT2D eigenvalue weighted by atomic mass is 9.89. The molecule has 5 N–H and O–H groups in total. The summed E-state index contributed by atoms with van der Waals surface area (Å²) in [6.07, 6.45) is -1.47. The fourth-order valence-corrected chi connectivity index (χ4v) is 4.81. The Morgan fingerprint density at radius 1 is 0.925 bits per heavy atom. The second-order valence-electron chi connectivity index (χ2n) is 10.7. The number of amides is 3. The summed E-state index contributed by atoms with van der Waals surface area (Å²) in [5.74, 6) is -2.47. The highest BCUT2D eigenvalue weighted by Gasteiger charge is 2.51. The van der Waals surface area contributed by atoms with Crippen LogP contribution in [0.3, 0.4) is 0 Å². The van der Waals surface area contributed by atoms with Crippen LogP contribution in [-0.4, -0.2) is 46.9 Å². The molecule has 0 bridgehead atoms. The summed E-state index contributed by atoms with van der Waals surface area (Å²) in [5.41, 5.74) is 7.29. The minimum atomic E-state index is -0.987. The van der Waals surface area contributed by atoms with Gasteiger partial charge in [-0.2, -0.15) is 0 Å². The SMILES string of the molecule is CC(C)C[C@H](NC(=O)[C@@H]1O[C@H]1C(=O)NCc1cccc2ccccc12)C(=O)C[C@@H](Cc1ccc(O)cc1)C(N)=O. The van der Waals surface area contributed by atoms with E-state index in [-0.39, 0.29) is 30.3 Å². The summed E-state index contributed by atoms with van der Waals surface area (Å²) in [7, 11) is 0. The van der Waals surface area contributed by atoms with Crippen LogP contribution < -0.4 is 16.4 Å². The monoisotopic (exact) mass is 545 g/mol. The van der Waals surface area contributed by atoms with Crippen LogP contribution >= 0.6 is 0 Å². The Kier molecular flexibility index (Phi) is 9.16. The molecule has 1 aliphatic heterocycles. The van der Waals surface area contributed by atoms with Crippen LogP contribution in [-0.2, 0) is 36.9 Å². The van der Waals surface area contributed by atoms with Crippen molar-refractivity contribution in [3.05, 3.63) is 77.9 Å². The first kappa shape index (κ1) is 28.8. The number of primary amides is 1. The van der Waals surface area contributed by atoms with Crippen molar-refractivity contribution < 1.29 is 29.0 Å². The Balaban J connectivity index is 1.33. The predicted molar refractivity (Wildman–Crippen MR) is 150 cm³/mol. The third kappa shape index (κ3) is 7.45. The largest absolute Gasteiger partial charge is 0.508 e. The first-order chi connectivity index (χ1) is 19.1. The smallest absolute Gasteiger partial charge is 0.253 e. The molecule has 3 amide bonds. The fraction of sp³-hybridized carbons (Fsp3) is 0.355. The van der Waals surface area contributed by atoms with E-state index >= 15 is 0 Å². The summed E-state index contributed by atoms with van der Waals surface area (Å²) in [6.45, 7) is 4.13. The number of nitrogens with two attached hydrogens (primary N) is 1. The highest BCUT2D eigenvalue weighted by molar-refractivity contribution is 5.98. The van der Waals surface area contributed by atoms with Crippen LogP contribution in [0, 0.1) is 11.8 Å². The number of phenols is 1. The number of ketones is 1. The molecule has 0 unspecified atom stereocenters. The number of nitrogens with one attached hydrogen (secondary N) is 2. The molecule has 9 heteroatoms. The van der Waals surface area contributed by atoms with Gasteiger partial charge in [0.1, 0.15) is 5.75 Å². The van der Waals surface area contributed by atoms with Crippen molar-refractivity contribution in [1.82, 2.24) is 10.6 Å². The molecule has 1 saturated heterocycles. The van der Waals surface area contributed by atoms with E-state index in [9.17, 15) is 24.3 Å². The Morgan fingerprint density at radius 3 is 2.30 bits per heavy atom. The van der Waals surface area contributed by atoms with Gasteiger partial charge < -0.3 is 26.2 Å². The average Bonchev–Trinajstić information content (AvgIpc) is 3.73. The van der Waals surface area contributed by atoms with E-state index < -0.39 is 41.9 Å². The van der Waals surface area contributed by atoms with Crippen molar-refractivity contribution in [2.75, 3.05) is 0 Å².